The monoisotopic (exact) mass is 231 g/mol. The lowest BCUT2D eigenvalue weighted by Crippen LogP contribution is -2.16. The minimum atomic E-state index is 0.0677. The highest BCUT2D eigenvalue weighted by Crippen LogP contribution is 2.32. The molecule has 4 heteroatoms. The van der Waals surface area contributed by atoms with E-state index in [0.29, 0.717) is 5.82 Å². The second kappa shape index (κ2) is 2.76. The molecule has 0 saturated heterocycles. The highest BCUT2D eigenvalue weighted by molar-refractivity contribution is 9.10. The van der Waals surface area contributed by atoms with E-state index in [0.717, 1.165) is 10.2 Å². The third kappa shape index (κ3) is 1.48. The van der Waals surface area contributed by atoms with E-state index in [4.69, 9.17) is 5.73 Å². The van der Waals surface area contributed by atoms with Crippen LogP contribution in [-0.4, -0.2) is 9.78 Å². The van der Waals surface area contributed by atoms with Crippen molar-refractivity contribution in [2.45, 2.75) is 26.2 Å². The van der Waals surface area contributed by atoms with Gasteiger partial charge in [-0.3, -0.25) is 4.68 Å². The Hall–Kier alpha value is -0.510. The van der Waals surface area contributed by atoms with Gasteiger partial charge in [0.25, 0.3) is 0 Å². The second-order valence-corrected chi connectivity index (χ2v) is 4.71. The Morgan fingerprint density at radius 3 is 2.08 bits per heavy atom. The molecule has 0 spiro atoms. The molecule has 3 nitrogen and oxygen atoms in total. The van der Waals surface area contributed by atoms with Gasteiger partial charge in [0, 0.05) is 12.5 Å². The summed E-state index contributed by atoms with van der Waals surface area (Å²) in [5, 5.41) is 4.12. The van der Waals surface area contributed by atoms with Gasteiger partial charge in [-0.05, 0) is 15.9 Å². The van der Waals surface area contributed by atoms with Crippen LogP contribution in [-0.2, 0) is 12.5 Å². The third-order valence-corrected chi connectivity index (χ3v) is 2.51. The van der Waals surface area contributed by atoms with Gasteiger partial charge in [-0.1, -0.05) is 20.8 Å². The Morgan fingerprint density at radius 1 is 1.42 bits per heavy atom. The molecule has 0 bridgehead atoms. The van der Waals surface area contributed by atoms with Crippen molar-refractivity contribution in [3.8, 4) is 0 Å². The molecule has 2 N–H and O–H groups in total. The fraction of sp³-hybridized carbons (Fsp3) is 0.625. The molecule has 0 radical (unpaired) electrons. The molecule has 0 amide bonds. The van der Waals surface area contributed by atoms with Crippen molar-refractivity contribution in [3.63, 3.8) is 0 Å². The van der Waals surface area contributed by atoms with Crippen molar-refractivity contribution in [2.24, 2.45) is 7.05 Å². The van der Waals surface area contributed by atoms with E-state index in [1.54, 1.807) is 0 Å². The smallest absolute Gasteiger partial charge is 0.160 e. The van der Waals surface area contributed by atoms with Crippen LogP contribution in [0.25, 0.3) is 0 Å². The number of hydrogen-bond acceptors (Lipinski definition) is 2. The van der Waals surface area contributed by atoms with Crippen LogP contribution < -0.4 is 5.73 Å². The minimum absolute atomic E-state index is 0.0677. The van der Waals surface area contributed by atoms with Crippen LogP contribution in [0.4, 0.5) is 5.82 Å². The lowest BCUT2D eigenvalue weighted by molar-refractivity contribution is 0.521. The maximum Gasteiger partial charge on any atom is 0.160 e. The summed E-state index contributed by atoms with van der Waals surface area (Å²) in [5.74, 6) is 0.558. The average molecular weight is 232 g/mol. The van der Waals surface area contributed by atoms with Crippen LogP contribution in [0.15, 0.2) is 4.47 Å². The molecule has 0 aromatic carbocycles. The second-order valence-electron chi connectivity index (χ2n) is 3.92. The maximum atomic E-state index is 5.66. The lowest BCUT2D eigenvalue weighted by atomic mass is 9.92. The van der Waals surface area contributed by atoms with Crippen molar-refractivity contribution in [3.05, 3.63) is 10.2 Å². The van der Waals surface area contributed by atoms with Crippen LogP contribution in [0, 0.1) is 0 Å². The fourth-order valence-corrected chi connectivity index (χ4v) is 2.26. The minimum Gasteiger partial charge on any atom is -0.381 e. The van der Waals surface area contributed by atoms with Gasteiger partial charge in [0.15, 0.2) is 5.82 Å². The first-order valence-electron chi connectivity index (χ1n) is 3.82. The molecule has 12 heavy (non-hydrogen) atoms. The Kier molecular flexibility index (Phi) is 2.21. The molecule has 0 aliphatic carbocycles. The first kappa shape index (κ1) is 9.58. The number of hydrogen-bond donors (Lipinski definition) is 1. The molecule has 1 rings (SSSR count). The molecular formula is C8H14BrN3. The van der Waals surface area contributed by atoms with Crippen molar-refractivity contribution in [1.29, 1.82) is 0 Å². The summed E-state index contributed by atoms with van der Waals surface area (Å²) in [7, 11) is 1.90. The SMILES string of the molecule is Cn1nc(N)c(Br)c1C(C)(C)C. The highest BCUT2D eigenvalue weighted by atomic mass is 79.9. The molecule has 0 aliphatic rings. The lowest BCUT2D eigenvalue weighted by Gasteiger charge is -2.19. The fourth-order valence-electron chi connectivity index (χ4n) is 1.33. The predicted molar refractivity (Wildman–Crippen MR) is 54.0 cm³/mol. The summed E-state index contributed by atoms with van der Waals surface area (Å²) < 4.78 is 2.73. The van der Waals surface area contributed by atoms with E-state index in [9.17, 15) is 0 Å². The van der Waals surface area contributed by atoms with E-state index < -0.39 is 0 Å². The number of nitrogen functional groups attached to an aromatic ring is 1. The molecule has 1 heterocycles. The normalized spacial score (nSPS) is 12.1. The summed E-state index contributed by atoms with van der Waals surface area (Å²) in [5.41, 5.74) is 6.85. The zero-order chi connectivity index (χ0) is 9.52. The number of nitrogens with zero attached hydrogens (tertiary/aromatic N) is 2. The Bertz CT molecular complexity index is 296. The van der Waals surface area contributed by atoms with Crippen LogP contribution in [0.2, 0.25) is 0 Å². The first-order chi connectivity index (χ1) is 5.34. The number of nitrogens with two attached hydrogens (primary N) is 1. The van der Waals surface area contributed by atoms with Gasteiger partial charge >= 0.3 is 0 Å². The van der Waals surface area contributed by atoms with Crippen LogP contribution in [0.3, 0.4) is 0 Å². The van der Waals surface area contributed by atoms with Gasteiger partial charge in [0.05, 0.1) is 10.2 Å². The maximum absolute atomic E-state index is 5.66. The van der Waals surface area contributed by atoms with Crippen LogP contribution >= 0.6 is 15.9 Å². The number of anilines is 1. The van der Waals surface area contributed by atoms with E-state index in [1.807, 2.05) is 11.7 Å². The average Bonchev–Trinajstić information content (AvgIpc) is 2.05. The summed E-state index contributed by atoms with van der Waals surface area (Å²) in [6, 6.07) is 0. The van der Waals surface area contributed by atoms with Crippen LogP contribution in [0.1, 0.15) is 26.5 Å². The molecular weight excluding hydrogens is 218 g/mol. The third-order valence-electron chi connectivity index (χ3n) is 1.72. The van der Waals surface area contributed by atoms with Gasteiger partial charge in [0.1, 0.15) is 0 Å². The molecule has 1 aromatic heterocycles. The summed E-state index contributed by atoms with van der Waals surface area (Å²) in [4.78, 5) is 0. The Balaban J connectivity index is 3.32. The zero-order valence-electron chi connectivity index (χ0n) is 7.85. The van der Waals surface area contributed by atoms with E-state index in [1.165, 1.54) is 0 Å². The number of halogens is 1. The summed E-state index contributed by atoms with van der Waals surface area (Å²) in [6.45, 7) is 6.40. The zero-order valence-corrected chi connectivity index (χ0v) is 9.44. The molecule has 0 saturated carbocycles. The van der Waals surface area contributed by atoms with E-state index >= 15 is 0 Å². The van der Waals surface area contributed by atoms with Crippen molar-refractivity contribution < 1.29 is 0 Å². The highest BCUT2D eigenvalue weighted by Gasteiger charge is 2.23. The van der Waals surface area contributed by atoms with Gasteiger partial charge in [-0.2, -0.15) is 5.10 Å². The summed E-state index contributed by atoms with van der Waals surface area (Å²) >= 11 is 3.43. The largest absolute Gasteiger partial charge is 0.381 e. The topological polar surface area (TPSA) is 43.8 Å². The van der Waals surface area contributed by atoms with E-state index in [2.05, 4.69) is 41.8 Å². The molecule has 0 atom stereocenters. The Labute approximate surface area is 81.1 Å². The van der Waals surface area contributed by atoms with E-state index in [-0.39, 0.29) is 5.41 Å². The standard InChI is InChI=1S/C8H14BrN3/c1-8(2,3)6-5(9)7(10)11-12(6)4/h1-4H3,(H2,10,11). The predicted octanol–water partition coefficient (Wildman–Crippen LogP) is 2.06. The number of aryl methyl sites for hydroxylation is 1. The van der Waals surface area contributed by atoms with Crippen molar-refractivity contribution >= 4 is 21.7 Å². The Morgan fingerprint density at radius 2 is 1.92 bits per heavy atom. The van der Waals surface area contributed by atoms with Gasteiger partial charge in [-0.15, -0.1) is 0 Å². The van der Waals surface area contributed by atoms with Crippen molar-refractivity contribution in [1.82, 2.24) is 9.78 Å². The molecule has 0 fully saturated rings. The number of rotatable bonds is 0. The van der Waals surface area contributed by atoms with Gasteiger partial charge in [0.2, 0.25) is 0 Å². The van der Waals surface area contributed by atoms with Gasteiger partial charge < -0.3 is 5.73 Å². The molecule has 68 valence electrons. The van der Waals surface area contributed by atoms with Crippen molar-refractivity contribution in [2.75, 3.05) is 5.73 Å². The summed E-state index contributed by atoms with van der Waals surface area (Å²) in [6.07, 6.45) is 0. The number of aromatic nitrogens is 2. The van der Waals surface area contributed by atoms with Gasteiger partial charge in [-0.25, -0.2) is 0 Å². The molecule has 0 aliphatic heterocycles. The first-order valence-corrected chi connectivity index (χ1v) is 4.62. The van der Waals surface area contributed by atoms with Crippen LogP contribution in [0.5, 0.6) is 0 Å². The molecule has 0 unspecified atom stereocenters. The quantitative estimate of drug-likeness (QED) is 0.744. The molecule has 1 aromatic rings.